The molecule has 6 heteroatoms. The fraction of sp³-hybridized carbons (Fsp3) is 0.533. The Bertz CT molecular complexity index is 433. The summed E-state index contributed by atoms with van der Waals surface area (Å²) in [6, 6.07) is 3.67. The molecular formula is C15H23N3O3. The summed E-state index contributed by atoms with van der Waals surface area (Å²) in [6.45, 7) is 5.96. The van der Waals surface area contributed by atoms with Gasteiger partial charge in [0.1, 0.15) is 6.61 Å². The quantitative estimate of drug-likeness (QED) is 0.736. The van der Waals surface area contributed by atoms with Crippen LogP contribution in [-0.2, 0) is 20.9 Å². The molecule has 6 nitrogen and oxygen atoms in total. The number of carbonyl (C=O) groups is 2. The van der Waals surface area contributed by atoms with Crippen LogP contribution in [0.2, 0.25) is 0 Å². The van der Waals surface area contributed by atoms with Gasteiger partial charge in [0, 0.05) is 38.4 Å². The first-order valence-electron chi connectivity index (χ1n) is 7.18. The Morgan fingerprint density at radius 1 is 1.24 bits per heavy atom. The van der Waals surface area contributed by atoms with Gasteiger partial charge in [-0.25, -0.2) is 0 Å². The van der Waals surface area contributed by atoms with Crippen LogP contribution in [0.5, 0.6) is 0 Å². The summed E-state index contributed by atoms with van der Waals surface area (Å²) >= 11 is 0. The monoisotopic (exact) mass is 293 g/mol. The van der Waals surface area contributed by atoms with E-state index in [1.54, 1.807) is 17.3 Å². The topological polar surface area (TPSA) is 71.5 Å². The molecule has 0 aliphatic rings. The second-order valence-corrected chi connectivity index (χ2v) is 4.51. The van der Waals surface area contributed by atoms with Crippen molar-refractivity contribution in [3.63, 3.8) is 0 Å². The minimum Gasteiger partial charge on any atom is -0.367 e. The Hall–Kier alpha value is -1.95. The van der Waals surface area contributed by atoms with Crippen molar-refractivity contribution in [3.8, 4) is 0 Å². The highest BCUT2D eigenvalue weighted by Crippen LogP contribution is 1.98. The Kier molecular flexibility index (Phi) is 8.04. The van der Waals surface area contributed by atoms with Crippen molar-refractivity contribution in [2.45, 2.75) is 26.9 Å². The lowest BCUT2D eigenvalue weighted by atomic mass is 10.3. The van der Waals surface area contributed by atoms with Crippen molar-refractivity contribution in [1.82, 2.24) is 15.2 Å². The Morgan fingerprint density at radius 2 is 1.90 bits per heavy atom. The van der Waals surface area contributed by atoms with E-state index < -0.39 is 0 Å². The summed E-state index contributed by atoms with van der Waals surface area (Å²) in [6.07, 6.45) is 3.67. The van der Waals surface area contributed by atoms with Crippen LogP contribution in [0.3, 0.4) is 0 Å². The number of hydrogen-bond acceptors (Lipinski definition) is 4. The standard InChI is InChI=1S/C15H23N3O3/c1-3-18(4-2)15(20)7-10-17-14(19)12-21-11-13-5-8-16-9-6-13/h5-6,8-9H,3-4,7,10-12H2,1-2H3,(H,17,19). The first-order valence-corrected chi connectivity index (χ1v) is 7.18. The molecule has 0 atom stereocenters. The fourth-order valence-corrected chi connectivity index (χ4v) is 1.83. The van der Waals surface area contributed by atoms with Crippen LogP contribution in [0.15, 0.2) is 24.5 Å². The average Bonchev–Trinajstić information content (AvgIpc) is 2.49. The highest BCUT2D eigenvalue weighted by molar-refractivity contribution is 5.79. The molecule has 1 aromatic heterocycles. The molecule has 0 aromatic carbocycles. The van der Waals surface area contributed by atoms with Gasteiger partial charge in [-0.05, 0) is 31.5 Å². The van der Waals surface area contributed by atoms with Gasteiger partial charge in [0.15, 0.2) is 0 Å². The van der Waals surface area contributed by atoms with Gasteiger partial charge < -0.3 is 15.0 Å². The van der Waals surface area contributed by atoms with Crippen molar-refractivity contribution in [2.24, 2.45) is 0 Å². The van der Waals surface area contributed by atoms with Crippen molar-refractivity contribution in [1.29, 1.82) is 0 Å². The number of nitrogens with zero attached hydrogens (tertiary/aromatic N) is 2. The first kappa shape index (κ1) is 17.1. The van der Waals surface area contributed by atoms with Gasteiger partial charge in [-0.2, -0.15) is 0 Å². The molecule has 0 fully saturated rings. The molecule has 0 radical (unpaired) electrons. The van der Waals surface area contributed by atoms with E-state index in [2.05, 4.69) is 10.3 Å². The lowest BCUT2D eigenvalue weighted by molar-refractivity contribution is -0.131. The highest BCUT2D eigenvalue weighted by Gasteiger charge is 2.09. The van der Waals surface area contributed by atoms with E-state index in [1.807, 2.05) is 26.0 Å². The molecule has 1 heterocycles. The fourth-order valence-electron chi connectivity index (χ4n) is 1.83. The predicted octanol–water partition coefficient (Wildman–Crippen LogP) is 0.973. The molecular weight excluding hydrogens is 270 g/mol. The molecule has 2 amide bonds. The Morgan fingerprint density at radius 3 is 2.52 bits per heavy atom. The summed E-state index contributed by atoms with van der Waals surface area (Å²) < 4.78 is 5.29. The molecule has 1 aromatic rings. The molecule has 0 aliphatic carbocycles. The van der Waals surface area contributed by atoms with E-state index in [4.69, 9.17) is 4.74 Å². The van der Waals surface area contributed by atoms with Gasteiger partial charge in [-0.15, -0.1) is 0 Å². The predicted molar refractivity (Wildman–Crippen MR) is 79.4 cm³/mol. The minimum absolute atomic E-state index is 0.0121. The lowest BCUT2D eigenvalue weighted by Gasteiger charge is -2.18. The Labute approximate surface area is 125 Å². The second kappa shape index (κ2) is 9.88. The zero-order valence-electron chi connectivity index (χ0n) is 12.7. The van der Waals surface area contributed by atoms with Crippen LogP contribution in [0.1, 0.15) is 25.8 Å². The van der Waals surface area contributed by atoms with Gasteiger partial charge in [0.2, 0.25) is 11.8 Å². The normalized spacial score (nSPS) is 10.2. The van der Waals surface area contributed by atoms with Gasteiger partial charge in [-0.3, -0.25) is 14.6 Å². The first-order chi connectivity index (χ1) is 10.2. The van der Waals surface area contributed by atoms with Gasteiger partial charge >= 0.3 is 0 Å². The number of aromatic nitrogens is 1. The molecule has 21 heavy (non-hydrogen) atoms. The number of pyridine rings is 1. The number of nitrogens with one attached hydrogen (secondary N) is 1. The number of amides is 2. The summed E-state index contributed by atoms with van der Waals surface area (Å²) in [7, 11) is 0. The van der Waals surface area contributed by atoms with E-state index in [1.165, 1.54) is 0 Å². The van der Waals surface area contributed by atoms with Crippen LogP contribution < -0.4 is 5.32 Å². The third-order valence-electron chi connectivity index (χ3n) is 3.03. The van der Waals surface area contributed by atoms with E-state index >= 15 is 0 Å². The molecule has 0 bridgehead atoms. The summed E-state index contributed by atoms with van der Waals surface area (Å²) in [5, 5.41) is 2.68. The van der Waals surface area contributed by atoms with Crippen LogP contribution >= 0.6 is 0 Å². The molecule has 0 aliphatic heterocycles. The second-order valence-electron chi connectivity index (χ2n) is 4.51. The van der Waals surface area contributed by atoms with Crippen LogP contribution in [0, 0.1) is 0 Å². The molecule has 0 spiro atoms. The van der Waals surface area contributed by atoms with Crippen molar-refractivity contribution >= 4 is 11.8 Å². The van der Waals surface area contributed by atoms with Crippen LogP contribution in [0.25, 0.3) is 0 Å². The number of carbonyl (C=O) groups excluding carboxylic acids is 2. The zero-order valence-corrected chi connectivity index (χ0v) is 12.7. The zero-order chi connectivity index (χ0) is 15.5. The lowest BCUT2D eigenvalue weighted by Crippen LogP contribution is -2.35. The van der Waals surface area contributed by atoms with E-state index in [0.717, 1.165) is 5.56 Å². The van der Waals surface area contributed by atoms with Crippen molar-refractivity contribution < 1.29 is 14.3 Å². The van der Waals surface area contributed by atoms with Crippen LogP contribution in [0.4, 0.5) is 0 Å². The number of ether oxygens (including phenoxy) is 1. The van der Waals surface area contributed by atoms with Crippen LogP contribution in [-0.4, -0.2) is 47.9 Å². The summed E-state index contributed by atoms with van der Waals surface area (Å²) in [5.41, 5.74) is 0.967. The SMILES string of the molecule is CCN(CC)C(=O)CCNC(=O)COCc1ccncc1. The molecule has 1 N–H and O–H groups in total. The maximum Gasteiger partial charge on any atom is 0.246 e. The van der Waals surface area contributed by atoms with E-state index in [0.29, 0.717) is 32.7 Å². The molecule has 0 saturated carbocycles. The minimum atomic E-state index is -0.212. The molecule has 0 unspecified atom stereocenters. The number of hydrogen-bond donors (Lipinski definition) is 1. The highest BCUT2D eigenvalue weighted by atomic mass is 16.5. The average molecular weight is 293 g/mol. The maximum absolute atomic E-state index is 11.7. The van der Waals surface area contributed by atoms with E-state index in [9.17, 15) is 9.59 Å². The van der Waals surface area contributed by atoms with Gasteiger partial charge in [-0.1, -0.05) is 0 Å². The summed E-state index contributed by atoms with van der Waals surface area (Å²) in [5.74, 6) is -0.158. The van der Waals surface area contributed by atoms with Crippen molar-refractivity contribution in [2.75, 3.05) is 26.2 Å². The smallest absolute Gasteiger partial charge is 0.246 e. The van der Waals surface area contributed by atoms with Gasteiger partial charge in [0.05, 0.1) is 6.61 Å². The largest absolute Gasteiger partial charge is 0.367 e. The maximum atomic E-state index is 11.7. The third-order valence-corrected chi connectivity index (χ3v) is 3.03. The molecule has 116 valence electrons. The van der Waals surface area contributed by atoms with E-state index in [-0.39, 0.29) is 18.4 Å². The number of rotatable bonds is 9. The summed E-state index contributed by atoms with van der Waals surface area (Å²) in [4.78, 5) is 28.9. The molecule has 1 rings (SSSR count). The van der Waals surface area contributed by atoms with Crippen molar-refractivity contribution in [3.05, 3.63) is 30.1 Å². The third kappa shape index (κ3) is 6.85. The van der Waals surface area contributed by atoms with Gasteiger partial charge in [0.25, 0.3) is 0 Å². The Balaban J connectivity index is 2.13. The molecule has 0 saturated heterocycles.